The number of halogens is 4. The predicted molar refractivity (Wildman–Crippen MR) is 60.6 cm³/mol. The Bertz CT molecular complexity index is 353. The van der Waals surface area contributed by atoms with E-state index < -0.39 is 18.8 Å². The summed E-state index contributed by atoms with van der Waals surface area (Å²) in [5.74, 6) is 0. The van der Waals surface area contributed by atoms with Gasteiger partial charge in [-0.15, -0.1) is 11.3 Å². The minimum atomic E-state index is -4.30. The number of nitrogens with two attached hydrogens (primary N) is 1. The Labute approximate surface area is 104 Å². The van der Waals surface area contributed by atoms with Crippen molar-refractivity contribution < 1.29 is 17.9 Å². The van der Waals surface area contributed by atoms with Crippen LogP contribution >= 0.6 is 27.3 Å². The van der Waals surface area contributed by atoms with Crippen molar-refractivity contribution >= 4 is 27.3 Å². The molecule has 0 bridgehead atoms. The Kier molecular flexibility index (Phi) is 4.78. The fraction of sp³-hybridized carbons (Fsp3) is 0.556. The normalized spacial score (nSPS) is 14.1. The van der Waals surface area contributed by atoms with E-state index in [1.165, 1.54) is 11.3 Å². The lowest BCUT2D eigenvalue weighted by Crippen LogP contribution is -2.22. The summed E-state index contributed by atoms with van der Waals surface area (Å²) in [6, 6.07) is 1.35. The maximum Gasteiger partial charge on any atom is 0.411 e. The monoisotopic (exact) mass is 317 g/mol. The van der Waals surface area contributed by atoms with E-state index in [0.717, 1.165) is 14.2 Å². The van der Waals surface area contributed by atoms with E-state index in [2.05, 4.69) is 20.7 Å². The van der Waals surface area contributed by atoms with Gasteiger partial charge in [0.05, 0.1) is 12.6 Å². The Morgan fingerprint density at radius 1 is 1.56 bits per heavy atom. The minimum Gasteiger partial charge on any atom is -0.370 e. The molecule has 1 aromatic heterocycles. The highest BCUT2D eigenvalue weighted by Gasteiger charge is 2.28. The number of aryl methyl sites for hydroxylation is 1. The van der Waals surface area contributed by atoms with Crippen molar-refractivity contribution in [3.63, 3.8) is 0 Å². The molecule has 0 saturated heterocycles. The second-order valence-corrected chi connectivity index (χ2v) is 5.45. The molecule has 16 heavy (non-hydrogen) atoms. The zero-order valence-electron chi connectivity index (χ0n) is 8.47. The number of rotatable bonds is 4. The summed E-state index contributed by atoms with van der Waals surface area (Å²) in [5.41, 5.74) is 5.73. The first-order valence-corrected chi connectivity index (χ1v) is 6.06. The van der Waals surface area contributed by atoms with Crippen molar-refractivity contribution in [3.05, 3.63) is 20.3 Å². The van der Waals surface area contributed by atoms with Gasteiger partial charge in [0.25, 0.3) is 0 Å². The molecule has 7 heteroatoms. The van der Waals surface area contributed by atoms with Gasteiger partial charge in [-0.05, 0) is 28.9 Å². The molecular formula is C9H11BrF3NOS. The van der Waals surface area contributed by atoms with Crippen LogP contribution in [0.2, 0.25) is 0 Å². The zero-order valence-corrected chi connectivity index (χ0v) is 10.9. The first-order valence-electron chi connectivity index (χ1n) is 4.45. The molecule has 1 unspecified atom stereocenters. The van der Waals surface area contributed by atoms with E-state index in [0.29, 0.717) is 0 Å². The number of ether oxygens (including phenoxy) is 1. The minimum absolute atomic E-state index is 0.141. The molecular weight excluding hydrogens is 307 g/mol. The van der Waals surface area contributed by atoms with Crippen LogP contribution in [0.4, 0.5) is 13.2 Å². The Morgan fingerprint density at radius 2 is 2.19 bits per heavy atom. The molecule has 2 N–H and O–H groups in total. The second-order valence-electron chi connectivity index (χ2n) is 3.31. The van der Waals surface area contributed by atoms with Gasteiger partial charge in [-0.25, -0.2) is 0 Å². The molecule has 92 valence electrons. The number of hydrogen-bond donors (Lipinski definition) is 1. The third-order valence-electron chi connectivity index (χ3n) is 1.74. The van der Waals surface area contributed by atoms with E-state index in [1.54, 1.807) is 0 Å². The first-order chi connectivity index (χ1) is 7.29. The molecule has 0 aliphatic heterocycles. The van der Waals surface area contributed by atoms with Crippen LogP contribution in [0.5, 0.6) is 0 Å². The fourth-order valence-electron chi connectivity index (χ4n) is 1.13. The molecule has 1 atom stereocenters. The van der Waals surface area contributed by atoms with Crippen molar-refractivity contribution in [2.24, 2.45) is 5.73 Å². The van der Waals surface area contributed by atoms with Crippen LogP contribution in [0.3, 0.4) is 0 Å². The molecule has 1 rings (SSSR count). The van der Waals surface area contributed by atoms with Crippen molar-refractivity contribution in [3.8, 4) is 0 Å². The van der Waals surface area contributed by atoms with Crippen LogP contribution in [0, 0.1) is 6.92 Å². The predicted octanol–water partition coefficient (Wildman–Crippen LogP) is 3.40. The number of hydrogen-bond acceptors (Lipinski definition) is 3. The molecule has 2 nitrogen and oxygen atoms in total. The second kappa shape index (κ2) is 5.48. The van der Waals surface area contributed by atoms with Crippen LogP contribution in [0.15, 0.2) is 10.5 Å². The van der Waals surface area contributed by atoms with E-state index in [4.69, 9.17) is 5.73 Å². The summed E-state index contributed by atoms with van der Waals surface area (Å²) in [6.45, 7) is 0.503. The molecule has 1 heterocycles. The van der Waals surface area contributed by atoms with Gasteiger partial charge >= 0.3 is 6.18 Å². The standard InChI is InChI=1S/C9H11BrF3NOS/c1-5-2-6(10)8(16-5)7(14)3-15-4-9(11,12)13/h2,7H,3-4,14H2,1H3. The molecule has 0 amide bonds. The topological polar surface area (TPSA) is 35.2 Å². The van der Waals surface area contributed by atoms with E-state index in [1.807, 2.05) is 13.0 Å². The molecule has 0 spiro atoms. The molecule has 0 radical (unpaired) electrons. The zero-order chi connectivity index (χ0) is 12.3. The Morgan fingerprint density at radius 3 is 2.62 bits per heavy atom. The van der Waals surface area contributed by atoms with E-state index in [-0.39, 0.29) is 6.61 Å². The quantitative estimate of drug-likeness (QED) is 0.923. The largest absolute Gasteiger partial charge is 0.411 e. The third-order valence-corrected chi connectivity index (χ3v) is 3.84. The van der Waals surface area contributed by atoms with Gasteiger partial charge in [-0.1, -0.05) is 0 Å². The summed E-state index contributed by atoms with van der Waals surface area (Å²) in [4.78, 5) is 1.85. The van der Waals surface area contributed by atoms with Gasteiger partial charge in [-0.2, -0.15) is 13.2 Å². The molecule has 0 aliphatic rings. The lowest BCUT2D eigenvalue weighted by molar-refractivity contribution is -0.174. The first kappa shape index (κ1) is 14.0. The molecule has 0 aliphatic carbocycles. The number of thiophene rings is 1. The van der Waals surface area contributed by atoms with Gasteiger partial charge in [0.2, 0.25) is 0 Å². The van der Waals surface area contributed by atoms with Crippen molar-refractivity contribution in [2.75, 3.05) is 13.2 Å². The summed E-state index contributed by atoms with van der Waals surface area (Å²) in [5, 5.41) is 0. The van der Waals surface area contributed by atoms with Gasteiger partial charge in [0, 0.05) is 14.2 Å². The van der Waals surface area contributed by atoms with Gasteiger partial charge in [0.1, 0.15) is 6.61 Å². The smallest absolute Gasteiger partial charge is 0.370 e. The van der Waals surface area contributed by atoms with E-state index >= 15 is 0 Å². The highest BCUT2D eigenvalue weighted by Crippen LogP contribution is 2.31. The average molecular weight is 318 g/mol. The van der Waals surface area contributed by atoms with E-state index in [9.17, 15) is 13.2 Å². The fourth-order valence-corrected chi connectivity index (χ4v) is 3.06. The maximum atomic E-state index is 11.8. The Balaban J connectivity index is 2.47. The van der Waals surface area contributed by atoms with Crippen molar-refractivity contribution in [2.45, 2.75) is 19.1 Å². The van der Waals surface area contributed by atoms with Crippen LogP contribution in [0.1, 0.15) is 15.8 Å². The molecule has 0 saturated carbocycles. The Hall–Kier alpha value is -0.110. The van der Waals surface area contributed by atoms with Crippen molar-refractivity contribution in [1.82, 2.24) is 0 Å². The lowest BCUT2D eigenvalue weighted by Gasteiger charge is -2.12. The molecule has 1 aromatic rings. The lowest BCUT2D eigenvalue weighted by atomic mass is 10.3. The van der Waals surface area contributed by atoms with Crippen molar-refractivity contribution in [1.29, 1.82) is 0 Å². The highest BCUT2D eigenvalue weighted by molar-refractivity contribution is 9.10. The van der Waals surface area contributed by atoms with Crippen LogP contribution in [-0.4, -0.2) is 19.4 Å². The average Bonchev–Trinajstić information content (AvgIpc) is 2.43. The van der Waals surface area contributed by atoms with Crippen LogP contribution in [-0.2, 0) is 4.74 Å². The van der Waals surface area contributed by atoms with Gasteiger partial charge < -0.3 is 10.5 Å². The van der Waals surface area contributed by atoms with Crippen LogP contribution < -0.4 is 5.73 Å². The highest BCUT2D eigenvalue weighted by atomic mass is 79.9. The SMILES string of the molecule is Cc1cc(Br)c(C(N)COCC(F)(F)F)s1. The molecule has 0 aromatic carbocycles. The number of alkyl halides is 3. The van der Waals surface area contributed by atoms with Crippen LogP contribution in [0.25, 0.3) is 0 Å². The third kappa shape index (κ3) is 4.40. The summed E-state index contributed by atoms with van der Waals surface area (Å²) in [6.07, 6.45) is -4.30. The van der Waals surface area contributed by atoms with Gasteiger partial charge in [0.15, 0.2) is 0 Å². The summed E-state index contributed by atoms with van der Waals surface area (Å²) < 4.78 is 40.8. The van der Waals surface area contributed by atoms with Gasteiger partial charge in [-0.3, -0.25) is 0 Å². The maximum absolute atomic E-state index is 11.8. The molecule has 0 fully saturated rings. The summed E-state index contributed by atoms with van der Waals surface area (Å²) >= 11 is 4.75. The summed E-state index contributed by atoms with van der Waals surface area (Å²) in [7, 11) is 0.